The van der Waals surface area contributed by atoms with Crippen molar-refractivity contribution in [1.29, 1.82) is 0 Å². The van der Waals surface area contributed by atoms with E-state index in [0.717, 1.165) is 18.5 Å². The zero-order valence-corrected chi connectivity index (χ0v) is 17.9. The number of carbonyl (C=O) groups is 3. The highest BCUT2D eigenvalue weighted by atomic mass is 16.5. The quantitative estimate of drug-likeness (QED) is 0.250. The lowest BCUT2D eigenvalue weighted by atomic mass is 10.1. The molecule has 0 aliphatic rings. The Morgan fingerprint density at radius 1 is 0.871 bits per heavy atom. The molecule has 0 aliphatic carbocycles. The van der Waals surface area contributed by atoms with E-state index in [1.165, 1.54) is 0 Å². The minimum atomic E-state index is -0.831. The Morgan fingerprint density at radius 3 is 2.13 bits per heavy atom. The lowest BCUT2D eigenvalue weighted by molar-refractivity contribution is -0.131. The molecule has 31 heavy (non-hydrogen) atoms. The predicted molar refractivity (Wildman–Crippen MR) is 119 cm³/mol. The molecule has 2 aromatic carbocycles. The second-order valence-corrected chi connectivity index (χ2v) is 7.41. The average molecular weight is 427 g/mol. The van der Waals surface area contributed by atoms with Gasteiger partial charge in [0.25, 0.3) is 17.7 Å². The summed E-state index contributed by atoms with van der Waals surface area (Å²) < 4.78 is 0. The Hall–Kier alpha value is -3.39. The van der Waals surface area contributed by atoms with Gasteiger partial charge in [-0.1, -0.05) is 31.0 Å². The predicted octanol–water partition coefficient (Wildman–Crippen LogP) is 2.35. The molecule has 0 fully saturated rings. The summed E-state index contributed by atoms with van der Waals surface area (Å²) in [6.07, 6.45) is 2.53. The van der Waals surface area contributed by atoms with Crippen LogP contribution in [0.1, 0.15) is 46.4 Å². The van der Waals surface area contributed by atoms with Crippen LogP contribution in [0.25, 0.3) is 0 Å². The molecule has 4 N–H and O–H groups in total. The van der Waals surface area contributed by atoms with Gasteiger partial charge in [-0.15, -0.1) is 0 Å². The summed E-state index contributed by atoms with van der Waals surface area (Å²) in [7, 11) is 3.88. The molecule has 0 spiro atoms. The Labute approximate surface area is 182 Å². The maximum Gasteiger partial charge on any atom is 0.265 e. The normalized spacial score (nSPS) is 11.3. The van der Waals surface area contributed by atoms with Crippen molar-refractivity contribution in [3.63, 3.8) is 0 Å². The molecular weight excluding hydrogens is 396 g/mol. The Kier molecular flexibility index (Phi) is 9.51. The van der Waals surface area contributed by atoms with Crippen molar-refractivity contribution in [2.24, 2.45) is 0 Å². The van der Waals surface area contributed by atoms with Crippen molar-refractivity contribution in [2.75, 3.05) is 25.5 Å². The minimum Gasteiger partial charge on any atom is -0.378 e. The summed E-state index contributed by atoms with van der Waals surface area (Å²) in [5.41, 5.74) is 3.68. The van der Waals surface area contributed by atoms with Crippen LogP contribution in [0.5, 0.6) is 0 Å². The molecule has 8 heteroatoms. The molecule has 8 nitrogen and oxygen atoms in total. The van der Waals surface area contributed by atoms with E-state index >= 15 is 0 Å². The highest BCUT2D eigenvalue weighted by Gasteiger charge is 2.20. The monoisotopic (exact) mass is 426 g/mol. The lowest BCUT2D eigenvalue weighted by Gasteiger charge is -2.17. The first kappa shape index (κ1) is 23.9. The molecule has 0 bridgehead atoms. The second kappa shape index (κ2) is 12.3. The van der Waals surface area contributed by atoms with Crippen LogP contribution < -0.4 is 21.0 Å². The number of unbranched alkanes of at least 4 members (excludes halogenated alkanes) is 2. The maximum atomic E-state index is 12.3. The molecule has 0 saturated carbocycles. The van der Waals surface area contributed by atoms with Crippen molar-refractivity contribution >= 4 is 23.4 Å². The highest BCUT2D eigenvalue weighted by molar-refractivity contribution is 5.97. The van der Waals surface area contributed by atoms with Crippen LogP contribution in [-0.2, 0) is 4.79 Å². The largest absolute Gasteiger partial charge is 0.378 e. The van der Waals surface area contributed by atoms with E-state index in [1.54, 1.807) is 47.9 Å². The smallest absolute Gasteiger partial charge is 0.265 e. The molecule has 0 aliphatic heterocycles. The van der Waals surface area contributed by atoms with Gasteiger partial charge in [0.05, 0.1) is 0 Å². The van der Waals surface area contributed by atoms with E-state index in [9.17, 15) is 14.4 Å². The summed E-state index contributed by atoms with van der Waals surface area (Å²) in [6.45, 7) is 0.515. The number of rotatable bonds is 11. The number of hydrogen-bond acceptors (Lipinski definition) is 5. The van der Waals surface area contributed by atoms with Crippen LogP contribution >= 0.6 is 0 Å². The summed E-state index contributed by atoms with van der Waals surface area (Å²) in [5.74, 6) is -1.15. The van der Waals surface area contributed by atoms with Crippen LogP contribution in [-0.4, -0.2) is 49.6 Å². The molecular formula is C23H30N4O4. The number of hydroxylamine groups is 1. The zero-order valence-electron chi connectivity index (χ0n) is 17.9. The third-order valence-corrected chi connectivity index (χ3v) is 4.87. The number of nitrogens with zero attached hydrogens (tertiary/aromatic N) is 1. The van der Waals surface area contributed by atoms with Crippen LogP contribution in [0.3, 0.4) is 0 Å². The number of carbonyl (C=O) groups excluding carboxylic acids is 3. The van der Waals surface area contributed by atoms with Crippen molar-refractivity contribution in [1.82, 2.24) is 16.1 Å². The summed E-state index contributed by atoms with van der Waals surface area (Å²) in [5, 5.41) is 14.5. The summed E-state index contributed by atoms with van der Waals surface area (Å²) >= 11 is 0. The SMILES string of the molecule is CN(C)c1ccc(C(=O)NCCCCCC(NC(=O)c2ccccc2)C(=O)NO)cc1. The molecule has 0 radical (unpaired) electrons. The highest BCUT2D eigenvalue weighted by Crippen LogP contribution is 2.12. The molecule has 3 amide bonds. The van der Waals surface area contributed by atoms with Crippen LogP contribution in [0, 0.1) is 0 Å². The number of benzene rings is 2. The van der Waals surface area contributed by atoms with E-state index in [1.807, 2.05) is 31.1 Å². The van der Waals surface area contributed by atoms with Crippen molar-refractivity contribution < 1.29 is 19.6 Å². The number of nitrogens with one attached hydrogen (secondary N) is 3. The fourth-order valence-corrected chi connectivity index (χ4v) is 3.04. The fourth-order valence-electron chi connectivity index (χ4n) is 3.04. The number of hydrogen-bond donors (Lipinski definition) is 4. The van der Waals surface area contributed by atoms with Crippen LogP contribution in [0.2, 0.25) is 0 Å². The van der Waals surface area contributed by atoms with Gasteiger partial charge < -0.3 is 15.5 Å². The molecule has 0 aromatic heterocycles. The zero-order chi connectivity index (χ0) is 22.6. The van der Waals surface area contributed by atoms with Gasteiger partial charge in [-0.3, -0.25) is 19.6 Å². The van der Waals surface area contributed by atoms with E-state index in [-0.39, 0.29) is 11.8 Å². The second-order valence-electron chi connectivity index (χ2n) is 7.41. The van der Waals surface area contributed by atoms with Crippen molar-refractivity contribution in [3.05, 3.63) is 65.7 Å². The molecule has 1 unspecified atom stereocenters. The lowest BCUT2D eigenvalue weighted by Crippen LogP contribution is -2.45. The topological polar surface area (TPSA) is 111 Å². The van der Waals surface area contributed by atoms with Gasteiger partial charge in [-0.2, -0.15) is 0 Å². The van der Waals surface area contributed by atoms with Crippen molar-refractivity contribution in [2.45, 2.75) is 31.7 Å². The van der Waals surface area contributed by atoms with E-state index in [4.69, 9.17) is 5.21 Å². The van der Waals surface area contributed by atoms with E-state index in [2.05, 4.69) is 10.6 Å². The Morgan fingerprint density at radius 2 is 1.52 bits per heavy atom. The van der Waals surface area contributed by atoms with Crippen LogP contribution in [0.15, 0.2) is 54.6 Å². The summed E-state index contributed by atoms with van der Waals surface area (Å²) in [4.78, 5) is 38.3. The summed E-state index contributed by atoms with van der Waals surface area (Å²) in [6, 6.07) is 15.1. The first-order valence-electron chi connectivity index (χ1n) is 10.3. The molecule has 1 atom stereocenters. The van der Waals surface area contributed by atoms with Gasteiger partial charge in [-0.25, -0.2) is 5.48 Å². The van der Waals surface area contributed by atoms with Gasteiger partial charge in [0.15, 0.2) is 0 Å². The fraction of sp³-hybridized carbons (Fsp3) is 0.348. The van der Waals surface area contributed by atoms with Gasteiger partial charge >= 0.3 is 0 Å². The molecule has 2 rings (SSSR count). The van der Waals surface area contributed by atoms with Crippen LogP contribution in [0.4, 0.5) is 5.69 Å². The van der Waals surface area contributed by atoms with E-state index < -0.39 is 11.9 Å². The molecule has 2 aromatic rings. The molecule has 166 valence electrons. The van der Waals surface area contributed by atoms with Gasteiger partial charge in [0.2, 0.25) is 0 Å². The third kappa shape index (κ3) is 7.75. The minimum absolute atomic E-state index is 0.127. The standard InChI is InChI=1S/C23H30N4O4/c1-27(2)19-14-12-18(13-15-19)21(28)24-16-8-4-7-11-20(23(30)26-31)25-22(29)17-9-5-3-6-10-17/h3,5-6,9-10,12-15,20,31H,4,7-8,11,16H2,1-2H3,(H,24,28)(H,25,29)(H,26,30). The average Bonchev–Trinajstić information content (AvgIpc) is 2.80. The van der Waals surface area contributed by atoms with Gasteiger partial charge in [0, 0.05) is 37.5 Å². The van der Waals surface area contributed by atoms with Crippen molar-refractivity contribution in [3.8, 4) is 0 Å². The maximum absolute atomic E-state index is 12.3. The number of anilines is 1. The Bertz CT molecular complexity index is 854. The van der Waals surface area contributed by atoms with Gasteiger partial charge in [0.1, 0.15) is 6.04 Å². The third-order valence-electron chi connectivity index (χ3n) is 4.87. The Balaban J connectivity index is 1.71. The molecule has 0 heterocycles. The molecule has 0 saturated heterocycles. The number of amides is 3. The van der Waals surface area contributed by atoms with Gasteiger partial charge in [-0.05, 0) is 49.2 Å². The first-order valence-corrected chi connectivity index (χ1v) is 10.3. The first-order chi connectivity index (χ1) is 14.9. The van der Waals surface area contributed by atoms with E-state index in [0.29, 0.717) is 30.5 Å².